The molecule has 0 spiro atoms. The summed E-state index contributed by atoms with van der Waals surface area (Å²) in [6, 6.07) is 3.52. The lowest BCUT2D eigenvalue weighted by molar-refractivity contribution is 0.00578. The number of benzene rings is 1. The van der Waals surface area contributed by atoms with E-state index in [-0.39, 0.29) is 5.82 Å². The van der Waals surface area contributed by atoms with Gasteiger partial charge in [-0.3, -0.25) is 0 Å². The maximum Gasteiger partial charge on any atom is 0.494 e. The number of halogens is 1. The molecule has 0 radical (unpaired) electrons. The first-order valence-corrected chi connectivity index (χ1v) is 6.68. The van der Waals surface area contributed by atoms with Gasteiger partial charge in [0.25, 0.3) is 0 Å². The topological polar surface area (TPSA) is 30.5 Å². The molecule has 1 aromatic carbocycles. The Morgan fingerprint density at radius 3 is 2.37 bits per heavy atom. The van der Waals surface area contributed by atoms with Crippen molar-refractivity contribution in [1.29, 1.82) is 0 Å². The summed E-state index contributed by atoms with van der Waals surface area (Å²) in [6.45, 7) is 9.30. The van der Waals surface area contributed by atoms with E-state index in [1.165, 1.54) is 6.07 Å². The van der Waals surface area contributed by atoms with Crippen molar-refractivity contribution in [2.24, 2.45) is 0 Å². The molecule has 1 N–H and O–H groups in total. The van der Waals surface area contributed by atoms with Gasteiger partial charge in [0.15, 0.2) is 0 Å². The Bertz CT molecular complexity index is 514. The van der Waals surface area contributed by atoms with E-state index in [1.54, 1.807) is 0 Å². The number of rotatable bonds is 1. The van der Waals surface area contributed by atoms with Crippen LogP contribution < -0.4 is 10.8 Å². The summed E-state index contributed by atoms with van der Waals surface area (Å²) in [6.07, 6.45) is 0. The number of nitrogens with one attached hydrogen (secondary N) is 1. The Hall–Kier alpha value is -0.905. The maximum absolute atomic E-state index is 14.0. The molecule has 0 atom stereocenters. The van der Waals surface area contributed by atoms with E-state index in [1.807, 2.05) is 33.8 Å². The summed E-state index contributed by atoms with van der Waals surface area (Å²) < 4.78 is 25.9. The van der Waals surface area contributed by atoms with Gasteiger partial charge in [-0.05, 0) is 44.8 Å². The molecule has 0 aromatic heterocycles. The molecular formula is C14H19BFNO2. The fourth-order valence-electron chi connectivity index (χ4n) is 2.51. The van der Waals surface area contributed by atoms with Crippen LogP contribution in [0.15, 0.2) is 12.1 Å². The molecule has 5 heteroatoms. The fourth-order valence-corrected chi connectivity index (χ4v) is 2.51. The van der Waals surface area contributed by atoms with Gasteiger partial charge in [-0.25, -0.2) is 4.39 Å². The Labute approximate surface area is 113 Å². The predicted octanol–water partition coefficient (Wildman–Crippen LogP) is 1.73. The smallest absolute Gasteiger partial charge is 0.399 e. The van der Waals surface area contributed by atoms with Crippen molar-refractivity contribution in [2.45, 2.75) is 52.0 Å². The highest BCUT2D eigenvalue weighted by Crippen LogP contribution is 2.36. The molecule has 1 aromatic rings. The molecule has 2 aliphatic heterocycles. The van der Waals surface area contributed by atoms with Gasteiger partial charge in [0.1, 0.15) is 5.82 Å². The average molecular weight is 263 g/mol. The second-order valence-electron chi connectivity index (χ2n) is 6.33. The average Bonchev–Trinajstić information content (AvgIpc) is 2.82. The first kappa shape index (κ1) is 13.1. The van der Waals surface area contributed by atoms with Crippen LogP contribution in [-0.2, 0) is 22.4 Å². The second-order valence-corrected chi connectivity index (χ2v) is 6.33. The van der Waals surface area contributed by atoms with Crippen LogP contribution >= 0.6 is 0 Å². The van der Waals surface area contributed by atoms with Crippen molar-refractivity contribution in [2.75, 3.05) is 0 Å². The molecule has 1 fully saturated rings. The first-order valence-electron chi connectivity index (χ1n) is 6.68. The second kappa shape index (κ2) is 4.04. The SMILES string of the molecule is CC1(C)OB(c2cc(F)c3c(c2)CNC3)OC1(C)C. The summed E-state index contributed by atoms with van der Waals surface area (Å²) in [5.74, 6) is -0.174. The quantitative estimate of drug-likeness (QED) is 0.783. The third kappa shape index (κ3) is 2.00. The number of hydrogen-bond donors (Lipinski definition) is 1. The Kier molecular flexibility index (Phi) is 2.79. The van der Waals surface area contributed by atoms with Crippen LogP contribution in [0.1, 0.15) is 38.8 Å². The van der Waals surface area contributed by atoms with Crippen LogP contribution in [0, 0.1) is 5.82 Å². The van der Waals surface area contributed by atoms with E-state index in [2.05, 4.69) is 5.32 Å². The van der Waals surface area contributed by atoms with Crippen molar-refractivity contribution >= 4 is 12.6 Å². The van der Waals surface area contributed by atoms with E-state index in [0.717, 1.165) is 16.6 Å². The van der Waals surface area contributed by atoms with Crippen LogP contribution in [0.5, 0.6) is 0 Å². The molecule has 2 aliphatic rings. The molecule has 102 valence electrons. The fraction of sp³-hybridized carbons (Fsp3) is 0.571. The lowest BCUT2D eigenvalue weighted by Crippen LogP contribution is -2.41. The van der Waals surface area contributed by atoms with Gasteiger partial charge in [0, 0.05) is 18.7 Å². The lowest BCUT2D eigenvalue weighted by Gasteiger charge is -2.32. The zero-order valence-electron chi connectivity index (χ0n) is 11.8. The molecule has 3 nitrogen and oxygen atoms in total. The maximum atomic E-state index is 14.0. The van der Waals surface area contributed by atoms with Gasteiger partial charge in [-0.2, -0.15) is 0 Å². The van der Waals surface area contributed by atoms with Crippen molar-refractivity contribution in [3.8, 4) is 0 Å². The molecule has 0 aliphatic carbocycles. The predicted molar refractivity (Wildman–Crippen MR) is 72.7 cm³/mol. The van der Waals surface area contributed by atoms with Gasteiger partial charge < -0.3 is 14.6 Å². The normalized spacial score (nSPS) is 23.7. The highest BCUT2D eigenvalue weighted by atomic mass is 19.1. The molecule has 0 bridgehead atoms. The zero-order valence-corrected chi connectivity index (χ0v) is 11.8. The number of fused-ring (bicyclic) bond motifs is 1. The van der Waals surface area contributed by atoms with Crippen molar-refractivity contribution < 1.29 is 13.7 Å². The van der Waals surface area contributed by atoms with Crippen LogP contribution in [-0.4, -0.2) is 18.3 Å². The van der Waals surface area contributed by atoms with Gasteiger partial charge in [0.2, 0.25) is 0 Å². The molecule has 0 amide bonds. The van der Waals surface area contributed by atoms with Crippen molar-refractivity contribution in [1.82, 2.24) is 5.32 Å². The molecule has 0 unspecified atom stereocenters. The minimum atomic E-state index is -0.495. The first-order chi connectivity index (χ1) is 8.80. The molecule has 1 saturated heterocycles. The molecule has 0 saturated carbocycles. The summed E-state index contributed by atoms with van der Waals surface area (Å²) in [5.41, 5.74) is 1.74. The van der Waals surface area contributed by atoms with E-state index in [9.17, 15) is 4.39 Å². The van der Waals surface area contributed by atoms with Gasteiger partial charge in [-0.15, -0.1) is 0 Å². The van der Waals surface area contributed by atoms with E-state index in [4.69, 9.17) is 9.31 Å². The summed E-state index contributed by atoms with van der Waals surface area (Å²) in [4.78, 5) is 0. The van der Waals surface area contributed by atoms with Crippen LogP contribution in [0.25, 0.3) is 0 Å². The largest absolute Gasteiger partial charge is 0.494 e. The Morgan fingerprint density at radius 2 is 1.74 bits per heavy atom. The summed E-state index contributed by atoms with van der Waals surface area (Å²) in [7, 11) is -0.495. The molecule has 2 heterocycles. The van der Waals surface area contributed by atoms with Crippen LogP contribution in [0.4, 0.5) is 4.39 Å². The summed E-state index contributed by atoms with van der Waals surface area (Å²) >= 11 is 0. The highest BCUT2D eigenvalue weighted by Gasteiger charge is 2.51. The molecule has 3 rings (SSSR count). The molecule has 19 heavy (non-hydrogen) atoms. The minimum absolute atomic E-state index is 0.174. The monoisotopic (exact) mass is 263 g/mol. The van der Waals surface area contributed by atoms with E-state index >= 15 is 0 Å². The van der Waals surface area contributed by atoms with E-state index in [0.29, 0.717) is 13.1 Å². The lowest BCUT2D eigenvalue weighted by atomic mass is 9.78. The Morgan fingerprint density at radius 1 is 1.11 bits per heavy atom. The minimum Gasteiger partial charge on any atom is -0.399 e. The highest BCUT2D eigenvalue weighted by molar-refractivity contribution is 6.62. The van der Waals surface area contributed by atoms with Crippen molar-refractivity contribution in [3.05, 3.63) is 29.1 Å². The van der Waals surface area contributed by atoms with Gasteiger partial charge in [0.05, 0.1) is 11.2 Å². The van der Waals surface area contributed by atoms with E-state index < -0.39 is 18.3 Å². The summed E-state index contributed by atoms with van der Waals surface area (Å²) in [5, 5.41) is 3.16. The third-order valence-corrected chi connectivity index (χ3v) is 4.45. The van der Waals surface area contributed by atoms with Crippen LogP contribution in [0.2, 0.25) is 0 Å². The van der Waals surface area contributed by atoms with Crippen molar-refractivity contribution in [3.63, 3.8) is 0 Å². The van der Waals surface area contributed by atoms with Gasteiger partial charge >= 0.3 is 7.12 Å². The zero-order chi connectivity index (χ0) is 13.8. The Balaban J connectivity index is 1.95. The standard InChI is InChI=1S/C14H19BFNO2/c1-13(2)14(3,4)19-15(18-13)10-5-9-7-17-8-11(9)12(16)6-10/h5-6,17H,7-8H2,1-4H3. The third-order valence-electron chi connectivity index (χ3n) is 4.45. The van der Waals surface area contributed by atoms with Crippen LogP contribution in [0.3, 0.4) is 0 Å². The van der Waals surface area contributed by atoms with Gasteiger partial charge in [-0.1, -0.05) is 6.07 Å². The molecular weight excluding hydrogens is 244 g/mol. The number of hydrogen-bond acceptors (Lipinski definition) is 3.